The fourth-order valence-corrected chi connectivity index (χ4v) is 2.51. The number of hydrogen-bond acceptors (Lipinski definition) is 4. The highest BCUT2D eigenvalue weighted by Crippen LogP contribution is 2.22. The summed E-state index contributed by atoms with van der Waals surface area (Å²) in [6.45, 7) is 1.05. The molecule has 0 aromatic heterocycles. The molecule has 1 aromatic carbocycles. The Labute approximate surface area is 116 Å². The summed E-state index contributed by atoms with van der Waals surface area (Å²) in [5.41, 5.74) is 0.0845. The Morgan fingerprint density at radius 2 is 2.05 bits per heavy atom. The Hall–Kier alpha value is -1.95. The van der Waals surface area contributed by atoms with Crippen LogP contribution in [0.4, 0.5) is 4.53 Å². The molecule has 5 nitrogen and oxygen atoms in total. The van der Waals surface area contributed by atoms with Crippen molar-refractivity contribution in [3.8, 4) is 0 Å². The Balaban J connectivity index is 2.27. The molecule has 0 spiro atoms. The van der Waals surface area contributed by atoms with E-state index in [0.29, 0.717) is 13.2 Å². The van der Waals surface area contributed by atoms with Gasteiger partial charge < -0.3 is 9.64 Å². The minimum Gasteiger partial charge on any atom is -0.383 e. The lowest BCUT2D eigenvalue weighted by molar-refractivity contribution is -0.0788. The van der Waals surface area contributed by atoms with Gasteiger partial charge in [0.05, 0.1) is 23.8 Å². The van der Waals surface area contributed by atoms with Crippen LogP contribution < -0.4 is 0 Å². The maximum Gasteiger partial charge on any atom is 0.380 e. The van der Waals surface area contributed by atoms with Gasteiger partial charge in [-0.1, -0.05) is 12.1 Å². The Bertz CT molecular complexity index is 506. The second-order valence-electron chi connectivity index (χ2n) is 4.66. The molecule has 1 aliphatic heterocycles. The summed E-state index contributed by atoms with van der Waals surface area (Å²) in [4.78, 5) is 28.8. The minimum atomic E-state index is -1.16. The van der Waals surface area contributed by atoms with Crippen LogP contribution in [0.15, 0.2) is 24.3 Å². The summed E-state index contributed by atoms with van der Waals surface area (Å²) in [7, 11) is 1.58. The lowest BCUT2D eigenvalue weighted by Gasteiger charge is -2.24. The minimum absolute atomic E-state index is 0.0121. The fraction of sp³-hybridized carbons (Fsp3) is 0.429. The average molecular weight is 281 g/mol. The van der Waals surface area contributed by atoms with Crippen molar-refractivity contribution in [1.82, 2.24) is 4.90 Å². The van der Waals surface area contributed by atoms with Crippen molar-refractivity contribution in [2.75, 3.05) is 20.3 Å². The predicted octanol–water partition coefficient (Wildman–Crippen LogP) is 1.98. The van der Waals surface area contributed by atoms with Gasteiger partial charge in [-0.05, 0) is 25.0 Å². The summed E-state index contributed by atoms with van der Waals surface area (Å²) in [6.07, 6.45) is 1.74. The molecule has 1 aliphatic rings. The van der Waals surface area contributed by atoms with Crippen molar-refractivity contribution < 1.29 is 23.8 Å². The van der Waals surface area contributed by atoms with E-state index >= 15 is 0 Å². The van der Waals surface area contributed by atoms with Crippen LogP contribution in [0.3, 0.4) is 0 Å². The normalized spacial score (nSPS) is 18.1. The largest absolute Gasteiger partial charge is 0.383 e. The highest BCUT2D eigenvalue weighted by Gasteiger charge is 2.31. The predicted molar refractivity (Wildman–Crippen MR) is 68.9 cm³/mol. The summed E-state index contributed by atoms with van der Waals surface area (Å²) < 4.78 is 17.2. The number of nitrogens with zero attached hydrogens (tertiary/aromatic N) is 1. The molecule has 1 saturated heterocycles. The molecule has 1 amide bonds. The summed E-state index contributed by atoms with van der Waals surface area (Å²) >= 11 is 0. The van der Waals surface area contributed by atoms with Crippen LogP contribution in [0.2, 0.25) is 0 Å². The highest BCUT2D eigenvalue weighted by atomic mass is 19.3. The maximum absolute atomic E-state index is 12.5. The molecule has 1 fully saturated rings. The molecule has 1 unspecified atom stereocenters. The van der Waals surface area contributed by atoms with Crippen molar-refractivity contribution >= 4 is 11.9 Å². The third-order valence-corrected chi connectivity index (χ3v) is 3.44. The van der Waals surface area contributed by atoms with Gasteiger partial charge in [-0.3, -0.25) is 4.79 Å². The van der Waals surface area contributed by atoms with E-state index in [1.54, 1.807) is 24.1 Å². The van der Waals surface area contributed by atoms with Crippen molar-refractivity contribution in [2.24, 2.45) is 0 Å². The zero-order valence-corrected chi connectivity index (χ0v) is 11.2. The number of benzene rings is 1. The maximum atomic E-state index is 12.5. The SMILES string of the molecule is COCC1CCCN1C(=O)c1ccccc1C(=O)OF. The Kier molecular flexibility index (Phi) is 4.68. The highest BCUT2D eigenvalue weighted by molar-refractivity contribution is 6.05. The molecule has 108 valence electrons. The van der Waals surface area contributed by atoms with Crippen LogP contribution in [-0.4, -0.2) is 43.1 Å². The van der Waals surface area contributed by atoms with E-state index in [2.05, 4.69) is 4.94 Å². The lowest BCUT2D eigenvalue weighted by atomic mass is 10.1. The standard InChI is InChI=1S/C14H16FNO4/c1-19-9-10-5-4-8-16(10)13(17)11-6-2-3-7-12(11)14(18)20-15/h2-3,6-7,10H,4-5,8-9H2,1H3. The monoisotopic (exact) mass is 281 g/mol. The molecular weight excluding hydrogens is 265 g/mol. The van der Waals surface area contributed by atoms with Crippen LogP contribution in [0, 0.1) is 0 Å². The molecule has 20 heavy (non-hydrogen) atoms. The number of amides is 1. The van der Waals surface area contributed by atoms with Crippen molar-refractivity contribution in [2.45, 2.75) is 18.9 Å². The molecule has 1 aromatic rings. The smallest absolute Gasteiger partial charge is 0.380 e. The quantitative estimate of drug-likeness (QED) is 0.846. The molecule has 1 heterocycles. The second-order valence-corrected chi connectivity index (χ2v) is 4.66. The number of rotatable bonds is 4. The van der Waals surface area contributed by atoms with E-state index in [0.717, 1.165) is 12.8 Å². The Morgan fingerprint density at radius 1 is 1.35 bits per heavy atom. The van der Waals surface area contributed by atoms with Crippen molar-refractivity contribution in [3.05, 3.63) is 35.4 Å². The van der Waals surface area contributed by atoms with Crippen molar-refractivity contribution in [1.29, 1.82) is 0 Å². The van der Waals surface area contributed by atoms with Gasteiger partial charge in [0.25, 0.3) is 5.91 Å². The zero-order chi connectivity index (χ0) is 14.5. The molecule has 0 saturated carbocycles. The van der Waals surface area contributed by atoms with Crippen LogP contribution in [-0.2, 0) is 9.68 Å². The number of halogens is 1. The molecule has 0 aliphatic carbocycles. The van der Waals surface area contributed by atoms with E-state index in [4.69, 9.17) is 4.74 Å². The van der Waals surface area contributed by atoms with E-state index in [-0.39, 0.29) is 23.1 Å². The van der Waals surface area contributed by atoms with Crippen LogP contribution in [0.5, 0.6) is 0 Å². The van der Waals surface area contributed by atoms with Gasteiger partial charge in [0, 0.05) is 18.2 Å². The zero-order valence-electron chi connectivity index (χ0n) is 11.2. The van der Waals surface area contributed by atoms with Gasteiger partial charge in [0.1, 0.15) is 0 Å². The van der Waals surface area contributed by atoms with E-state index < -0.39 is 5.97 Å². The summed E-state index contributed by atoms with van der Waals surface area (Å²) in [5, 5.41) is 0. The first-order valence-electron chi connectivity index (χ1n) is 6.41. The van der Waals surface area contributed by atoms with Gasteiger partial charge >= 0.3 is 5.97 Å². The summed E-state index contributed by atoms with van der Waals surface area (Å²) in [5.74, 6) is -1.46. The number of hydrogen-bond donors (Lipinski definition) is 0. The first-order valence-corrected chi connectivity index (χ1v) is 6.41. The topological polar surface area (TPSA) is 55.8 Å². The molecule has 2 rings (SSSR count). The van der Waals surface area contributed by atoms with Gasteiger partial charge in [0.2, 0.25) is 0 Å². The molecule has 6 heteroatoms. The number of carbonyl (C=O) groups is 2. The van der Waals surface area contributed by atoms with Gasteiger partial charge in [-0.25, -0.2) is 9.74 Å². The second kappa shape index (κ2) is 6.47. The van der Waals surface area contributed by atoms with E-state index in [1.807, 2.05) is 0 Å². The van der Waals surface area contributed by atoms with Gasteiger partial charge in [0.15, 0.2) is 0 Å². The number of methoxy groups -OCH3 is 1. The molecular formula is C14H16FNO4. The first kappa shape index (κ1) is 14.5. The van der Waals surface area contributed by atoms with Crippen LogP contribution in [0.1, 0.15) is 33.6 Å². The number of ether oxygens (including phenoxy) is 1. The fourth-order valence-electron chi connectivity index (χ4n) is 2.51. The van der Waals surface area contributed by atoms with Crippen LogP contribution >= 0.6 is 0 Å². The van der Waals surface area contributed by atoms with Gasteiger partial charge in [-0.2, -0.15) is 0 Å². The molecule has 1 atom stereocenters. The number of likely N-dealkylation sites (tertiary alicyclic amines) is 1. The number of carbonyl (C=O) groups excluding carboxylic acids is 2. The third kappa shape index (κ3) is 2.80. The van der Waals surface area contributed by atoms with E-state index in [9.17, 15) is 14.1 Å². The van der Waals surface area contributed by atoms with Crippen molar-refractivity contribution in [3.63, 3.8) is 0 Å². The van der Waals surface area contributed by atoms with Gasteiger partial charge in [-0.15, -0.1) is 0 Å². The first-order chi connectivity index (χ1) is 9.69. The average Bonchev–Trinajstić information content (AvgIpc) is 2.94. The molecule has 0 bridgehead atoms. The lowest BCUT2D eigenvalue weighted by Crippen LogP contribution is -2.38. The third-order valence-electron chi connectivity index (χ3n) is 3.44. The Morgan fingerprint density at radius 3 is 2.70 bits per heavy atom. The molecule has 0 radical (unpaired) electrons. The van der Waals surface area contributed by atoms with Crippen LogP contribution in [0.25, 0.3) is 0 Å². The molecule has 0 N–H and O–H groups in total. The summed E-state index contributed by atoms with van der Waals surface area (Å²) in [6, 6.07) is 6.04. The van der Waals surface area contributed by atoms with E-state index in [1.165, 1.54) is 12.1 Å².